The average Bonchev–Trinajstić information content (AvgIpc) is 3.38. The fourth-order valence-electron chi connectivity index (χ4n) is 4.30. The molecule has 0 saturated carbocycles. The second kappa shape index (κ2) is 12.4. The van der Waals surface area contributed by atoms with E-state index in [-0.39, 0.29) is 5.41 Å². The van der Waals surface area contributed by atoms with Crippen LogP contribution in [0.5, 0.6) is 0 Å². The minimum atomic E-state index is 0.272. The normalized spacial score (nSPS) is 14.4. The van der Waals surface area contributed by atoms with E-state index < -0.39 is 0 Å². The average molecular weight is 447 g/mol. The predicted octanol–water partition coefficient (Wildman–Crippen LogP) is 10.6. The first kappa shape index (κ1) is 25.7. The van der Waals surface area contributed by atoms with E-state index in [1.54, 1.807) is 14.6 Å². The first-order valence-corrected chi connectivity index (χ1v) is 14.1. The third-order valence-corrected chi connectivity index (χ3v) is 9.71. The third-order valence-electron chi connectivity index (χ3n) is 6.56. The molecular formula is C28H46S2. The van der Waals surface area contributed by atoms with Gasteiger partial charge in [0, 0.05) is 19.5 Å². The summed E-state index contributed by atoms with van der Waals surface area (Å²) in [6.45, 7) is 16.4. The van der Waals surface area contributed by atoms with Gasteiger partial charge in [0.1, 0.15) is 0 Å². The summed E-state index contributed by atoms with van der Waals surface area (Å²) >= 11 is 4.16. The second-order valence-corrected chi connectivity index (χ2v) is 12.5. The standard InChI is InChI=1S/C28H46S2/c1-8-11-13-23(14-12-9-2)26-18-17-24(29-26)21(4)15-16-22(10-3)25-19-20-27(30-25)28(5,6)7/h17-23H,8-16H2,1-7H3. The van der Waals surface area contributed by atoms with E-state index in [2.05, 4.69) is 84.1 Å². The molecule has 0 radical (unpaired) electrons. The Labute approximate surface area is 195 Å². The van der Waals surface area contributed by atoms with E-state index >= 15 is 0 Å². The van der Waals surface area contributed by atoms with E-state index in [9.17, 15) is 0 Å². The first-order valence-electron chi connectivity index (χ1n) is 12.5. The van der Waals surface area contributed by atoms with E-state index in [0.29, 0.717) is 5.92 Å². The molecule has 0 saturated heterocycles. The summed E-state index contributed by atoms with van der Waals surface area (Å²) in [6, 6.07) is 9.67. The molecule has 2 atom stereocenters. The van der Waals surface area contributed by atoms with Crippen molar-refractivity contribution in [3.63, 3.8) is 0 Å². The highest BCUT2D eigenvalue weighted by atomic mass is 32.1. The van der Waals surface area contributed by atoms with Crippen LogP contribution in [0.3, 0.4) is 0 Å². The summed E-state index contributed by atoms with van der Waals surface area (Å²) in [7, 11) is 0. The van der Waals surface area contributed by atoms with Gasteiger partial charge in [-0.2, -0.15) is 0 Å². The molecule has 170 valence electrons. The number of rotatable bonds is 13. The number of hydrogen-bond acceptors (Lipinski definition) is 2. The van der Waals surface area contributed by atoms with Crippen LogP contribution in [0, 0.1) is 0 Å². The molecule has 2 aromatic rings. The Morgan fingerprint density at radius 1 is 0.700 bits per heavy atom. The van der Waals surface area contributed by atoms with E-state index in [1.807, 2.05) is 11.3 Å². The summed E-state index contributed by atoms with van der Waals surface area (Å²) in [5.74, 6) is 2.19. The van der Waals surface area contributed by atoms with Gasteiger partial charge in [0.15, 0.2) is 0 Å². The summed E-state index contributed by atoms with van der Waals surface area (Å²) in [6.07, 6.45) is 12.0. The van der Waals surface area contributed by atoms with Crippen LogP contribution in [0.15, 0.2) is 24.3 Å². The molecule has 2 heteroatoms. The molecule has 2 unspecified atom stereocenters. The highest BCUT2D eigenvalue weighted by molar-refractivity contribution is 7.12. The molecule has 0 nitrogen and oxygen atoms in total. The van der Waals surface area contributed by atoms with Crippen molar-refractivity contribution in [1.29, 1.82) is 0 Å². The van der Waals surface area contributed by atoms with Crippen LogP contribution in [0.25, 0.3) is 0 Å². The largest absolute Gasteiger partial charge is 0.145 e. The van der Waals surface area contributed by atoms with E-state index in [1.165, 1.54) is 62.7 Å². The van der Waals surface area contributed by atoms with Gasteiger partial charge in [0.25, 0.3) is 0 Å². The number of unbranched alkanes of at least 4 members (excludes halogenated alkanes) is 2. The zero-order valence-corrected chi connectivity index (χ0v) is 22.4. The van der Waals surface area contributed by atoms with Crippen LogP contribution in [-0.4, -0.2) is 0 Å². The van der Waals surface area contributed by atoms with Crippen LogP contribution in [0.2, 0.25) is 0 Å². The van der Waals surface area contributed by atoms with E-state index in [4.69, 9.17) is 0 Å². The number of hydrogen-bond donors (Lipinski definition) is 0. The first-order chi connectivity index (χ1) is 14.3. The quantitative estimate of drug-likeness (QED) is 0.287. The molecule has 2 rings (SSSR count). The van der Waals surface area contributed by atoms with Crippen molar-refractivity contribution in [2.24, 2.45) is 0 Å². The lowest BCUT2D eigenvalue weighted by Gasteiger charge is -2.18. The second-order valence-electron chi connectivity index (χ2n) is 10.3. The Bertz CT molecular complexity index is 707. The third kappa shape index (κ3) is 7.52. The monoisotopic (exact) mass is 446 g/mol. The van der Waals surface area contributed by atoms with Gasteiger partial charge >= 0.3 is 0 Å². The van der Waals surface area contributed by atoms with Gasteiger partial charge in [0.05, 0.1) is 0 Å². The van der Waals surface area contributed by atoms with Crippen LogP contribution in [0.4, 0.5) is 0 Å². The van der Waals surface area contributed by atoms with Crippen molar-refractivity contribution in [3.8, 4) is 0 Å². The van der Waals surface area contributed by atoms with Crippen LogP contribution in [-0.2, 0) is 5.41 Å². The lowest BCUT2D eigenvalue weighted by Crippen LogP contribution is -2.07. The smallest absolute Gasteiger partial charge is 0.0102 e. The van der Waals surface area contributed by atoms with E-state index in [0.717, 1.165) is 11.8 Å². The van der Waals surface area contributed by atoms with Crippen molar-refractivity contribution in [2.45, 2.75) is 129 Å². The molecule has 0 bridgehead atoms. The molecule has 0 fully saturated rings. The summed E-state index contributed by atoms with van der Waals surface area (Å²) in [5, 5.41) is 0. The molecule has 30 heavy (non-hydrogen) atoms. The maximum Gasteiger partial charge on any atom is 0.0102 e. The van der Waals surface area contributed by atoms with Crippen LogP contribution >= 0.6 is 22.7 Å². The summed E-state index contributed by atoms with van der Waals surface area (Å²) in [5.41, 5.74) is 0.272. The molecular weight excluding hydrogens is 400 g/mol. The minimum Gasteiger partial charge on any atom is -0.145 e. The van der Waals surface area contributed by atoms with Crippen molar-refractivity contribution in [1.82, 2.24) is 0 Å². The van der Waals surface area contributed by atoms with Crippen molar-refractivity contribution in [3.05, 3.63) is 43.8 Å². The lowest BCUT2D eigenvalue weighted by atomic mass is 9.92. The van der Waals surface area contributed by atoms with Gasteiger partial charge < -0.3 is 0 Å². The minimum absolute atomic E-state index is 0.272. The Morgan fingerprint density at radius 3 is 1.80 bits per heavy atom. The molecule has 0 aliphatic heterocycles. The topological polar surface area (TPSA) is 0 Å². The molecule has 0 amide bonds. The Morgan fingerprint density at radius 2 is 1.27 bits per heavy atom. The van der Waals surface area contributed by atoms with Gasteiger partial charge in [-0.1, -0.05) is 74.1 Å². The maximum atomic E-state index is 2.46. The highest BCUT2D eigenvalue weighted by Gasteiger charge is 2.21. The van der Waals surface area contributed by atoms with Gasteiger partial charge in [-0.05, 0) is 79.5 Å². The molecule has 2 aromatic heterocycles. The van der Waals surface area contributed by atoms with Crippen molar-refractivity contribution >= 4 is 22.7 Å². The highest BCUT2D eigenvalue weighted by Crippen LogP contribution is 2.40. The molecule has 0 N–H and O–H groups in total. The van der Waals surface area contributed by atoms with Crippen molar-refractivity contribution < 1.29 is 0 Å². The zero-order chi connectivity index (χ0) is 22.1. The molecule has 0 aromatic carbocycles. The SMILES string of the molecule is CCCCC(CCCC)c1ccc(C(C)CCC(CC)c2ccc(C(C)(C)C)s2)s1. The Kier molecular flexibility index (Phi) is 10.6. The fraction of sp³-hybridized carbons (Fsp3) is 0.714. The molecule has 0 aliphatic rings. The zero-order valence-electron chi connectivity index (χ0n) is 20.7. The maximum absolute atomic E-state index is 2.46. The Hall–Kier alpha value is -0.600. The molecule has 2 heterocycles. The molecule has 0 aliphatic carbocycles. The lowest BCUT2D eigenvalue weighted by molar-refractivity contribution is 0.531. The van der Waals surface area contributed by atoms with Gasteiger partial charge in [-0.3, -0.25) is 0 Å². The number of thiophene rings is 2. The van der Waals surface area contributed by atoms with Crippen LogP contribution < -0.4 is 0 Å². The summed E-state index contributed by atoms with van der Waals surface area (Å²) < 4.78 is 0. The van der Waals surface area contributed by atoms with Gasteiger partial charge in [0.2, 0.25) is 0 Å². The van der Waals surface area contributed by atoms with Gasteiger partial charge in [-0.15, -0.1) is 22.7 Å². The predicted molar refractivity (Wildman–Crippen MR) is 140 cm³/mol. The van der Waals surface area contributed by atoms with Gasteiger partial charge in [-0.25, -0.2) is 0 Å². The molecule has 0 spiro atoms. The van der Waals surface area contributed by atoms with Crippen molar-refractivity contribution in [2.75, 3.05) is 0 Å². The Balaban J connectivity index is 1.98. The summed E-state index contributed by atoms with van der Waals surface area (Å²) in [4.78, 5) is 6.39. The van der Waals surface area contributed by atoms with Crippen LogP contribution in [0.1, 0.15) is 144 Å². The fourth-order valence-corrected chi connectivity index (χ4v) is 6.85.